The average molecular weight is 409 g/mol. The van der Waals surface area contributed by atoms with Crippen LogP contribution in [0.4, 0.5) is 0 Å². The fourth-order valence-electron chi connectivity index (χ4n) is 4.04. The summed E-state index contributed by atoms with van der Waals surface area (Å²) in [4.78, 5) is 2.46. The third-order valence-electron chi connectivity index (χ3n) is 5.80. The van der Waals surface area contributed by atoms with Gasteiger partial charge < -0.3 is 9.30 Å². The first-order chi connectivity index (χ1) is 14.1. The summed E-state index contributed by atoms with van der Waals surface area (Å²) < 4.78 is 9.94. The Kier molecular flexibility index (Phi) is 6.11. The summed E-state index contributed by atoms with van der Waals surface area (Å²) in [7, 11) is 3.66. The van der Waals surface area contributed by atoms with Crippen molar-refractivity contribution in [3.63, 3.8) is 0 Å². The van der Waals surface area contributed by atoms with Crippen LogP contribution < -0.4 is 4.74 Å². The van der Waals surface area contributed by atoms with Gasteiger partial charge in [0.2, 0.25) is 0 Å². The molecule has 1 saturated heterocycles. The quantitative estimate of drug-likeness (QED) is 0.561. The number of hydrogen-bond acceptors (Lipinski definition) is 4. The Bertz CT molecular complexity index is 986. The van der Waals surface area contributed by atoms with Crippen LogP contribution in [0, 0.1) is 10.7 Å². The van der Waals surface area contributed by atoms with E-state index in [0.717, 1.165) is 47.6 Å². The van der Waals surface area contributed by atoms with Gasteiger partial charge in [0, 0.05) is 25.7 Å². The van der Waals surface area contributed by atoms with E-state index in [1.165, 1.54) is 24.8 Å². The Hall–Kier alpha value is -2.44. The van der Waals surface area contributed by atoms with Crippen molar-refractivity contribution in [1.82, 2.24) is 19.2 Å². The molecule has 0 atom stereocenters. The molecule has 1 aliphatic heterocycles. The summed E-state index contributed by atoms with van der Waals surface area (Å²) in [6, 6.07) is 18.8. The molecule has 1 aromatic heterocycles. The molecule has 0 N–H and O–H groups in total. The fourth-order valence-corrected chi connectivity index (χ4v) is 4.23. The predicted octanol–water partition coefficient (Wildman–Crippen LogP) is 4.54. The molecule has 2 heterocycles. The van der Waals surface area contributed by atoms with Crippen molar-refractivity contribution in [2.24, 2.45) is 13.0 Å². The molecule has 1 fully saturated rings. The Morgan fingerprint density at radius 2 is 1.72 bits per heavy atom. The summed E-state index contributed by atoms with van der Waals surface area (Å²) in [6.45, 7) is 2.93. The van der Waals surface area contributed by atoms with Gasteiger partial charge in [0.15, 0.2) is 10.6 Å². The van der Waals surface area contributed by atoms with E-state index in [0.29, 0.717) is 0 Å². The molecule has 1 aliphatic rings. The highest BCUT2D eigenvalue weighted by molar-refractivity contribution is 7.71. The Morgan fingerprint density at radius 3 is 2.38 bits per heavy atom. The van der Waals surface area contributed by atoms with Crippen LogP contribution in [0.1, 0.15) is 18.4 Å². The number of hydrogen-bond donors (Lipinski definition) is 0. The number of aromatic nitrogens is 3. The first-order valence-corrected chi connectivity index (χ1v) is 10.6. The molecule has 0 aliphatic carbocycles. The minimum absolute atomic E-state index is 0.751. The molecular weight excluding hydrogens is 380 g/mol. The zero-order valence-corrected chi connectivity index (χ0v) is 17.9. The number of likely N-dealkylation sites (tertiary alicyclic amines) is 1. The van der Waals surface area contributed by atoms with Crippen molar-refractivity contribution in [3.05, 3.63) is 64.9 Å². The maximum Gasteiger partial charge on any atom is 0.199 e. The molecule has 5 nitrogen and oxygen atoms in total. The van der Waals surface area contributed by atoms with E-state index in [9.17, 15) is 0 Å². The third-order valence-corrected chi connectivity index (χ3v) is 6.28. The number of piperidine rings is 1. The average Bonchev–Trinajstić information content (AvgIpc) is 3.04. The molecule has 2 aromatic carbocycles. The van der Waals surface area contributed by atoms with Gasteiger partial charge in [-0.2, -0.15) is 5.10 Å². The van der Waals surface area contributed by atoms with Gasteiger partial charge >= 0.3 is 0 Å². The number of benzene rings is 2. The van der Waals surface area contributed by atoms with Crippen LogP contribution in [0.5, 0.6) is 5.75 Å². The zero-order chi connectivity index (χ0) is 20.2. The summed E-state index contributed by atoms with van der Waals surface area (Å²) >= 11 is 5.65. The highest BCUT2D eigenvalue weighted by atomic mass is 32.1. The van der Waals surface area contributed by atoms with Crippen molar-refractivity contribution in [1.29, 1.82) is 0 Å². The lowest BCUT2D eigenvalue weighted by atomic mass is 9.90. The number of methoxy groups -OCH3 is 1. The summed E-state index contributed by atoms with van der Waals surface area (Å²) in [5.74, 6) is 2.49. The van der Waals surface area contributed by atoms with E-state index in [1.807, 2.05) is 40.6 Å². The van der Waals surface area contributed by atoms with E-state index in [2.05, 4.69) is 35.2 Å². The minimum atomic E-state index is 0.751. The highest BCUT2D eigenvalue weighted by Gasteiger charge is 2.21. The summed E-state index contributed by atoms with van der Waals surface area (Å²) in [5.41, 5.74) is 2.49. The summed E-state index contributed by atoms with van der Waals surface area (Å²) in [6.07, 6.45) is 3.63. The smallest absolute Gasteiger partial charge is 0.199 e. The standard InChI is InChI=1S/C23H28N4OS/c1-25-22(20-8-10-21(28-2)11-9-20)24-27(23(25)29)17-26-14-12-19(13-15-26)16-18-6-4-3-5-7-18/h3-11,19H,12-17H2,1-2H3. The maximum atomic E-state index is 5.65. The molecule has 0 saturated carbocycles. The van der Waals surface area contributed by atoms with Crippen LogP contribution in [0.3, 0.4) is 0 Å². The Labute approximate surface area is 177 Å². The maximum absolute atomic E-state index is 5.65. The minimum Gasteiger partial charge on any atom is -0.497 e. The second kappa shape index (κ2) is 8.93. The molecule has 29 heavy (non-hydrogen) atoms. The monoisotopic (exact) mass is 408 g/mol. The molecule has 0 bridgehead atoms. The lowest BCUT2D eigenvalue weighted by molar-refractivity contribution is 0.140. The fraction of sp³-hybridized carbons (Fsp3) is 0.391. The molecular formula is C23H28N4OS. The van der Waals surface area contributed by atoms with Gasteiger partial charge in [0.1, 0.15) is 5.75 Å². The molecule has 0 unspecified atom stereocenters. The molecule has 3 aromatic rings. The largest absolute Gasteiger partial charge is 0.497 e. The van der Waals surface area contributed by atoms with Gasteiger partial charge in [-0.1, -0.05) is 30.3 Å². The molecule has 6 heteroatoms. The van der Waals surface area contributed by atoms with Gasteiger partial charge in [-0.05, 0) is 67.2 Å². The van der Waals surface area contributed by atoms with Gasteiger partial charge in [0.25, 0.3) is 0 Å². The van der Waals surface area contributed by atoms with Crippen molar-refractivity contribution >= 4 is 12.2 Å². The molecule has 0 spiro atoms. The summed E-state index contributed by atoms with van der Waals surface area (Å²) in [5, 5.41) is 4.81. The molecule has 0 radical (unpaired) electrons. The van der Waals surface area contributed by atoms with E-state index in [4.69, 9.17) is 22.1 Å². The normalized spacial score (nSPS) is 15.5. The lowest BCUT2D eigenvalue weighted by Crippen LogP contribution is -2.36. The second-order valence-electron chi connectivity index (χ2n) is 7.79. The van der Waals surface area contributed by atoms with Gasteiger partial charge in [-0.3, -0.25) is 4.90 Å². The zero-order valence-electron chi connectivity index (χ0n) is 17.1. The van der Waals surface area contributed by atoms with Crippen LogP contribution in [0.2, 0.25) is 0 Å². The highest BCUT2D eigenvalue weighted by Crippen LogP contribution is 2.23. The molecule has 0 amide bonds. The van der Waals surface area contributed by atoms with Gasteiger partial charge in [-0.15, -0.1) is 0 Å². The van der Waals surface area contributed by atoms with Crippen LogP contribution in [0.25, 0.3) is 11.4 Å². The van der Waals surface area contributed by atoms with E-state index in [1.54, 1.807) is 7.11 Å². The Morgan fingerprint density at radius 1 is 1.03 bits per heavy atom. The van der Waals surface area contributed by atoms with Gasteiger partial charge in [-0.25, -0.2) is 4.68 Å². The molecule has 4 rings (SSSR count). The van der Waals surface area contributed by atoms with Crippen molar-refractivity contribution in [3.8, 4) is 17.1 Å². The van der Waals surface area contributed by atoms with Crippen molar-refractivity contribution < 1.29 is 4.74 Å². The van der Waals surface area contributed by atoms with E-state index in [-0.39, 0.29) is 0 Å². The van der Waals surface area contributed by atoms with Crippen LogP contribution >= 0.6 is 12.2 Å². The van der Waals surface area contributed by atoms with Crippen LogP contribution in [0.15, 0.2) is 54.6 Å². The van der Waals surface area contributed by atoms with E-state index >= 15 is 0 Å². The van der Waals surface area contributed by atoms with Crippen molar-refractivity contribution in [2.45, 2.75) is 25.9 Å². The van der Waals surface area contributed by atoms with Gasteiger partial charge in [0.05, 0.1) is 13.8 Å². The number of ether oxygens (including phenoxy) is 1. The first-order valence-electron chi connectivity index (χ1n) is 10.2. The number of nitrogens with zero attached hydrogens (tertiary/aromatic N) is 4. The lowest BCUT2D eigenvalue weighted by Gasteiger charge is -2.31. The van der Waals surface area contributed by atoms with Crippen LogP contribution in [-0.4, -0.2) is 39.4 Å². The van der Waals surface area contributed by atoms with E-state index < -0.39 is 0 Å². The molecule has 152 valence electrons. The predicted molar refractivity (Wildman–Crippen MR) is 118 cm³/mol. The third kappa shape index (κ3) is 4.60. The van der Waals surface area contributed by atoms with Crippen molar-refractivity contribution in [2.75, 3.05) is 20.2 Å². The Balaban J connectivity index is 1.39. The number of rotatable bonds is 6. The SMILES string of the molecule is COc1ccc(-c2nn(CN3CCC(Cc4ccccc4)CC3)c(=S)n2C)cc1. The first kappa shape index (κ1) is 19.9. The van der Waals surface area contributed by atoms with Crippen LogP contribution in [-0.2, 0) is 20.1 Å². The second-order valence-corrected chi connectivity index (χ2v) is 8.15. The topological polar surface area (TPSA) is 35.2 Å².